The van der Waals surface area contributed by atoms with E-state index in [1.54, 1.807) is 38.1 Å². The number of rotatable bonds is 6. The maximum Gasteiger partial charge on any atom is 0.240 e. The molecule has 112 valence electrons. The molecule has 1 fully saturated rings. The molecule has 2 N–H and O–H groups in total. The number of hydrogen-bond donors (Lipinski definition) is 2. The van der Waals surface area contributed by atoms with Crippen LogP contribution < -0.4 is 14.8 Å². The molecule has 1 heterocycles. The van der Waals surface area contributed by atoms with Gasteiger partial charge in [0.25, 0.3) is 0 Å². The quantitative estimate of drug-likeness (QED) is 0.832. The highest BCUT2D eigenvalue weighted by molar-refractivity contribution is 7.89. The fourth-order valence-electron chi connectivity index (χ4n) is 2.16. The molecule has 2 rings (SSSR count). The Balaban J connectivity index is 1.95. The fourth-order valence-corrected chi connectivity index (χ4v) is 3.42. The van der Waals surface area contributed by atoms with Crippen molar-refractivity contribution in [3.8, 4) is 5.75 Å². The molecule has 0 aliphatic carbocycles. The molecule has 1 aromatic carbocycles. The van der Waals surface area contributed by atoms with Gasteiger partial charge in [0.1, 0.15) is 5.75 Å². The predicted molar refractivity (Wildman–Crippen MR) is 78.4 cm³/mol. The van der Waals surface area contributed by atoms with Crippen LogP contribution in [0.5, 0.6) is 5.75 Å². The van der Waals surface area contributed by atoms with Crippen molar-refractivity contribution < 1.29 is 13.2 Å². The fraction of sp³-hybridized carbons (Fsp3) is 0.571. The lowest BCUT2D eigenvalue weighted by atomic mass is 10.1. The van der Waals surface area contributed by atoms with Crippen LogP contribution in [0.25, 0.3) is 0 Å². The molecule has 0 amide bonds. The second-order valence-corrected chi connectivity index (χ2v) is 7.13. The van der Waals surface area contributed by atoms with Crippen molar-refractivity contribution in [3.63, 3.8) is 0 Å². The zero-order valence-electron chi connectivity index (χ0n) is 11.9. The molecule has 20 heavy (non-hydrogen) atoms. The highest BCUT2D eigenvalue weighted by atomic mass is 32.2. The van der Waals surface area contributed by atoms with Gasteiger partial charge in [-0.05, 0) is 51.1 Å². The van der Waals surface area contributed by atoms with Gasteiger partial charge in [-0.25, -0.2) is 13.1 Å². The van der Waals surface area contributed by atoms with E-state index >= 15 is 0 Å². The van der Waals surface area contributed by atoms with Crippen molar-refractivity contribution in [2.75, 3.05) is 19.7 Å². The predicted octanol–water partition coefficient (Wildman–Crippen LogP) is 1.36. The number of nitrogens with one attached hydrogen (secondary N) is 2. The Kier molecular flexibility index (Phi) is 5.01. The number of hydrogen-bond acceptors (Lipinski definition) is 4. The summed E-state index contributed by atoms with van der Waals surface area (Å²) in [5, 5.41) is 3.29. The summed E-state index contributed by atoms with van der Waals surface area (Å²) in [4.78, 5) is 0.265. The third-order valence-corrected chi connectivity index (χ3v) is 4.85. The standard InChI is InChI=1S/C14H22N2O3S/c1-11(2)16-20(17,18)14-5-3-13(4-6-14)19-10-12-7-8-15-9-12/h3-6,11-12,15-16H,7-10H2,1-2H3. The van der Waals surface area contributed by atoms with Crippen LogP contribution in [0.3, 0.4) is 0 Å². The van der Waals surface area contributed by atoms with E-state index in [2.05, 4.69) is 10.0 Å². The van der Waals surface area contributed by atoms with E-state index in [4.69, 9.17) is 4.74 Å². The van der Waals surface area contributed by atoms with E-state index in [1.807, 2.05) is 0 Å². The molecule has 0 aromatic heterocycles. The Hall–Kier alpha value is -1.11. The van der Waals surface area contributed by atoms with Gasteiger partial charge in [-0.15, -0.1) is 0 Å². The average Bonchev–Trinajstić information content (AvgIpc) is 2.88. The Morgan fingerprint density at radius 2 is 2.05 bits per heavy atom. The number of sulfonamides is 1. The van der Waals surface area contributed by atoms with Crippen molar-refractivity contribution in [3.05, 3.63) is 24.3 Å². The Morgan fingerprint density at radius 3 is 2.60 bits per heavy atom. The molecule has 0 spiro atoms. The summed E-state index contributed by atoms with van der Waals surface area (Å²) in [5.41, 5.74) is 0. The van der Waals surface area contributed by atoms with Gasteiger partial charge in [0.05, 0.1) is 11.5 Å². The summed E-state index contributed by atoms with van der Waals surface area (Å²) in [7, 11) is -3.42. The molecule has 1 atom stereocenters. The van der Waals surface area contributed by atoms with E-state index in [0.29, 0.717) is 18.3 Å². The van der Waals surface area contributed by atoms with E-state index in [0.717, 1.165) is 19.5 Å². The van der Waals surface area contributed by atoms with Gasteiger partial charge in [0.2, 0.25) is 10.0 Å². The Bertz CT molecular complexity index is 520. The first kappa shape index (κ1) is 15.3. The van der Waals surface area contributed by atoms with Gasteiger partial charge < -0.3 is 10.1 Å². The van der Waals surface area contributed by atoms with Crippen molar-refractivity contribution in [2.24, 2.45) is 5.92 Å². The van der Waals surface area contributed by atoms with Crippen LogP contribution in [0, 0.1) is 5.92 Å². The normalized spacial score (nSPS) is 19.4. The molecule has 0 saturated carbocycles. The second-order valence-electron chi connectivity index (χ2n) is 5.42. The molecular formula is C14H22N2O3S. The summed E-state index contributed by atoms with van der Waals surface area (Å²) in [6, 6.07) is 6.44. The van der Waals surface area contributed by atoms with Crippen LogP contribution in [0.1, 0.15) is 20.3 Å². The van der Waals surface area contributed by atoms with Gasteiger partial charge in [0, 0.05) is 18.5 Å². The van der Waals surface area contributed by atoms with Gasteiger partial charge >= 0.3 is 0 Å². The van der Waals surface area contributed by atoms with Crippen molar-refractivity contribution >= 4 is 10.0 Å². The van der Waals surface area contributed by atoms with Crippen molar-refractivity contribution in [1.29, 1.82) is 0 Å². The molecule has 1 unspecified atom stereocenters. The lowest BCUT2D eigenvalue weighted by molar-refractivity contribution is 0.260. The molecule has 5 nitrogen and oxygen atoms in total. The minimum Gasteiger partial charge on any atom is -0.493 e. The molecule has 1 aliphatic heterocycles. The first-order chi connectivity index (χ1) is 9.47. The van der Waals surface area contributed by atoms with Crippen LogP contribution >= 0.6 is 0 Å². The maximum atomic E-state index is 12.0. The smallest absolute Gasteiger partial charge is 0.240 e. The van der Waals surface area contributed by atoms with Crippen LogP contribution in [-0.2, 0) is 10.0 Å². The zero-order chi connectivity index (χ0) is 14.6. The Morgan fingerprint density at radius 1 is 1.35 bits per heavy atom. The van der Waals surface area contributed by atoms with E-state index in [1.165, 1.54) is 0 Å². The topological polar surface area (TPSA) is 67.4 Å². The lowest BCUT2D eigenvalue weighted by Crippen LogP contribution is -2.30. The monoisotopic (exact) mass is 298 g/mol. The zero-order valence-corrected chi connectivity index (χ0v) is 12.7. The highest BCUT2D eigenvalue weighted by Crippen LogP contribution is 2.18. The second kappa shape index (κ2) is 6.56. The molecule has 6 heteroatoms. The van der Waals surface area contributed by atoms with Crippen molar-refractivity contribution in [2.45, 2.75) is 31.2 Å². The van der Waals surface area contributed by atoms with Crippen LogP contribution in [0.15, 0.2) is 29.2 Å². The van der Waals surface area contributed by atoms with Gasteiger partial charge in [0.15, 0.2) is 0 Å². The minimum atomic E-state index is -3.42. The Labute approximate surface area is 120 Å². The van der Waals surface area contributed by atoms with Crippen LogP contribution in [-0.4, -0.2) is 34.2 Å². The summed E-state index contributed by atoms with van der Waals surface area (Å²) in [5.74, 6) is 1.25. The highest BCUT2D eigenvalue weighted by Gasteiger charge is 2.16. The summed E-state index contributed by atoms with van der Waals surface area (Å²) < 4.78 is 32.2. The van der Waals surface area contributed by atoms with Crippen LogP contribution in [0.4, 0.5) is 0 Å². The summed E-state index contributed by atoms with van der Waals surface area (Å²) in [6.45, 7) is 6.30. The van der Waals surface area contributed by atoms with E-state index in [9.17, 15) is 8.42 Å². The minimum absolute atomic E-state index is 0.120. The average molecular weight is 298 g/mol. The van der Waals surface area contributed by atoms with Crippen LogP contribution in [0.2, 0.25) is 0 Å². The lowest BCUT2D eigenvalue weighted by Gasteiger charge is -2.12. The number of ether oxygens (including phenoxy) is 1. The van der Waals surface area contributed by atoms with E-state index < -0.39 is 10.0 Å². The molecule has 0 radical (unpaired) electrons. The van der Waals surface area contributed by atoms with Gasteiger partial charge in [-0.2, -0.15) is 0 Å². The van der Waals surface area contributed by atoms with Gasteiger partial charge in [-0.3, -0.25) is 0 Å². The molecule has 1 aromatic rings. The van der Waals surface area contributed by atoms with Crippen molar-refractivity contribution in [1.82, 2.24) is 10.0 Å². The molecule has 0 bridgehead atoms. The van der Waals surface area contributed by atoms with Gasteiger partial charge in [-0.1, -0.05) is 0 Å². The number of benzene rings is 1. The SMILES string of the molecule is CC(C)NS(=O)(=O)c1ccc(OCC2CCNC2)cc1. The first-order valence-corrected chi connectivity index (χ1v) is 8.41. The molecule has 1 saturated heterocycles. The molecular weight excluding hydrogens is 276 g/mol. The third kappa shape index (κ3) is 4.19. The first-order valence-electron chi connectivity index (χ1n) is 6.93. The molecule has 1 aliphatic rings. The van der Waals surface area contributed by atoms with E-state index in [-0.39, 0.29) is 10.9 Å². The third-order valence-electron chi connectivity index (χ3n) is 3.17. The summed E-state index contributed by atoms with van der Waals surface area (Å²) >= 11 is 0. The largest absolute Gasteiger partial charge is 0.493 e. The maximum absolute atomic E-state index is 12.0. The summed E-state index contributed by atoms with van der Waals surface area (Å²) in [6.07, 6.45) is 1.13.